The van der Waals surface area contributed by atoms with Crippen molar-refractivity contribution in [2.24, 2.45) is 0 Å². The van der Waals surface area contributed by atoms with E-state index in [-0.39, 0.29) is 18.7 Å². The molecule has 0 spiro atoms. The monoisotopic (exact) mass is 236 g/mol. The van der Waals surface area contributed by atoms with Gasteiger partial charge in [-0.3, -0.25) is 0 Å². The van der Waals surface area contributed by atoms with Gasteiger partial charge < -0.3 is 15.7 Å². The van der Waals surface area contributed by atoms with Gasteiger partial charge in [-0.2, -0.15) is 0 Å². The maximum Gasteiger partial charge on any atom is 0.319 e. The fraction of sp³-hybridized carbons (Fsp3) is 0.462. The van der Waals surface area contributed by atoms with Crippen molar-refractivity contribution < 1.29 is 9.90 Å². The lowest BCUT2D eigenvalue weighted by Crippen LogP contribution is -2.38. The minimum Gasteiger partial charge on any atom is -0.394 e. The molecule has 0 saturated heterocycles. The van der Waals surface area contributed by atoms with Gasteiger partial charge in [0, 0.05) is 5.69 Å². The Kier molecular flexibility index (Phi) is 4.97. The van der Waals surface area contributed by atoms with E-state index in [1.807, 2.05) is 24.3 Å². The molecule has 1 unspecified atom stereocenters. The Morgan fingerprint density at radius 1 is 1.35 bits per heavy atom. The van der Waals surface area contributed by atoms with Crippen LogP contribution in [0.5, 0.6) is 0 Å². The van der Waals surface area contributed by atoms with Crippen LogP contribution in [0.25, 0.3) is 0 Å². The smallest absolute Gasteiger partial charge is 0.319 e. The summed E-state index contributed by atoms with van der Waals surface area (Å²) in [6.45, 7) is 5.88. The van der Waals surface area contributed by atoms with Gasteiger partial charge in [-0.1, -0.05) is 26.0 Å². The fourth-order valence-corrected chi connectivity index (χ4v) is 1.41. The van der Waals surface area contributed by atoms with Crippen LogP contribution in [0.3, 0.4) is 0 Å². The first-order chi connectivity index (χ1) is 8.02. The predicted octanol–water partition coefficient (Wildman–Crippen LogP) is 2.31. The summed E-state index contributed by atoms with van der Waals surface area (Å²) in [5.41, 5.74) is 1.94. The highest BCUT2D eigenvalue weighted by Crippen LogP contribution is 2.18. The maximum absolute atomic E-state index is 11.5. The first-order valence-corrected chi connectivity index (χ1v) is 5.81. The van der Waals surface area contributed by atoms with Crippen molar-refractivity contribution >= 4 is 11.7 Å². The van der Waals surface area contributed by atoms with E-state index in [4.69, 9.17) is 5.11 Å². The first kappa shape index (κ1) is 13.5. The first-order valence-electron chi connectivity index (χ1n) is 5.81. The number of rotatable bonds is 4. The second kappa shape index (κ2) is 6.25. The number of carbonyl (C=O) groups is 1. The lowest BCUT2D eigenvalue weighted by atomic mass is 10.0. The van der Waals surface area contributed by atoms with Crippen molar-refractivity contribution in [3.05, 3.63) is 29.8 Å². The summed E-state index contributed by atoms with van der Waals surface area (Å²) >= 11 is 0. The number of nitrogens with one attached hydrogen (secondary N) is 2. The van der Waals surface area contributed by atoms with Crippen LogP contribution in [0.2, 0.25) is 0 Å². The topological polar surface area (TPSA) is 61.4 Å². The van der Waals surface area contributed by atoms with Crippen molar-refractivity contribution in [2.75, 3.05) is 11.9 Å². The number of amides is 2. The summed E-state index contributed by atoms with van der Waals surface area (Å²) < 4.78 is 0. The minimum atomic E-state index is -0.299. The number of benzene rings is 1. The van der Waals surface area contributed by atoms with Gasteiger partial charge in [-0.05, 0) is 30.5 Å². The summed E-state index contributed by atoms with van der Waals surface area (Å²) in [6.07, 6.45) is 0. The Labute approximate surface area is 102 Å². The number of urea groups is 1. The molecule has 94 valence electrons. The third-order valence-corrected chi connectivity index (χ3v) is 2.46. The summed E-state index contributed by atoms with van der Waals surface area (Å²) in [4.78, 5) is 11.5. The molecule has 4 nitrogen and oxygen atoms in total. The van der Waals surface area contributed by atoms with Gasteiger partial charge in [0.2, 0.25) is 0 Å². The number of aliphatic hydroxyl groups is 1. The van der Waals surface area contributed by atoms with Crippen molar-refractivity contribution in [2.45, 2.75) is 32.7 Å². The SMILES string of the molecule is CC(CO)NC(=O)Nc1cccc(C(C)C)c1. The molecule has 0 aromatic heterocycles. The summed E-state index contributed by atoms with van der Waals surface area (Å²) in [6, 6.07) is 7.20. The molecule has 0 saturated carbocycles. The number of hydrogen-bond donors (Lipinski definition) is 3. The molecule has 2 amide bonds. The number of carbonyl (C=O) groups excluding carboxylic acids is 1. The standard InChI is InChI=1S/C13H20N2O2/c1-9(2)11-5-4-6-12(7-11)15-13(17)14-10(3)8-16/h4-7,9-10,16H,8H2,1-3H3,(H2,14,15,17). The average Bonchev–Trinajstić information content (AvgIpc) is 2.28. The number of anilines is 1. The van der Waals surface area contributed by atoms with Gasteiger partial charge in [0.15, 0.2) is 0 Å². The predicted molar refractivity (Wildman–Crippen MR) is 69.2 cm³/mol. The van der Waals surface area contributed by atoms with E-state index in [0.29, 0.717) is 5.92 Å². The van der Waals surface area contributed by atoms with Crippen LogP contribution in [0.4, 0.5) is 10.5 Å². The van der Waals surface area contributed by atoms with Crippen molar-refractivity contribution in [3.63, 3.8) is 0 Å². The molecule has 0 aliphatic rings. The Balaban J connectivity index is 2.62. The number of hydrogen-bond acceptors (Lipinski definition) is 2. The van der Waals surface area contributed by atoms with E-state index < -0.39 is 0 Å². The molecule has 0 fully saturated rings. The zero-order valence-corrected chi connectivity index (χ0v) is 10.5. The lowest BCUT2D eigenvalue weighted by Gasteiger charge is -2.13. The third-order valence-electron chi connectivity index (χ3n) is 2.46. The molecule has 1 atom stereocenters. The van der Waals surface area contributed by atoms with Gasteiger partial charge in [0.05, 0.1) is 12.6 Å². The average molecular weight is 236 g/mol. The summed E-state index contributed by atoms with van der Waals surface area (Å²) in [5, 5.41) is 14.2. The van der Waals surface area contributed by atoms with Crippen LogP contribution in [0.15, 0.2) is 24.3 Å². The van der Waals surface area contributed by atoms with E-state index in [2.05, 4.69) is 24.5 Å². The highest BCUT2D eigenvalue weighted by Gasteiger charge is 2.06. The van der Waals surface area contributed by atoms with Crippen molar-refractivity contribution in [3.8, 4) is 0 Å². The molecule has 17 heavy (non-hydrogen) atoms. The molecular formula is C13H20N2O2. The molecule has 1 rings (SSSR count). The molecule has 3 N–H and O–H groups in total. The van der Waals surface area contributed by atoms with E-state index in [1.165, 1.54) is 5.56 Å². The minimum absolute atomic E-state index is 0.0700. The van der Waals surface area contributed by atoms with E-state index >= 15 is 0 Å². The quantitative estimate of drug-likeness (QED) is 0.751. The van der Waals surface area contributed by atoms with Crippen LogP contribution < -0.4 is 10.6 Å². The van der Waals surface area contributed by atoms with Gasteiger partial charge in [0.1, 0.15) is 0 Å². The molecule has 0 aliphatic carbocycles. The van der Waals surface area contributed by atoms with Crippen LogP contribution in [-0.2, 0) is 0 Å². The lowest BCUT2D eigenvalue weighted by molar-refractivity contribution is 0.229. The normalized spacial score (nSPS) is 12.3. The molecule has 1 aromatic rings. The number of aliphatic hydroxyl groups excluding tert-OH is 1. The molecule has 0 radical (unpaired) electrons. The van der Waals surface area contributed by atoms with Gasteiger partial charge in [-0.25, -0.2) is 4.79 Å². The highest BCUT2D eigenvalue weighted by molar-refractivity contribution is 5.89. The van der Waals surface area contributed by atoms with E-state index in [1.54, 1.807) is 6.92 Å². The largest absolute Gasteiger partial charge is 0.394 e. The molecule has 4 heteroatoms. The summed E-state index contributed by atoms with van der Waals surface area (Å²) in [5.74, 6) is 0.427. The van der Waals surface area contributed by atoms with Crippen molar-refractivity contribution in [1.82, 2.24) is 5.32 Å². The zero-order valence-electron chi connectivity index (χ0n) is 10.5. The van der Waals surface area contributed by atoms with Gasteiger partial charge in [-0.15, -0.1) is 0 Å². The fourth-order valence-electron chi connectivity index (χ4n) is 1.41. The van der Waals surface area contributed by atoms with Gasteiger partial charge >= 0.3 is 6.03 Å². The molecule has 0 bridgehead atoms. The van der Waals surface area contributed by atoms with Crippen LogP contribution in [0, 0.1) is 0 Å². The van der Waals surface area contributed by atoms with Crippen LogP contribution >= 0.6 is 0 Å². The Bertz CT molecular complexity index is 377. The van der Waals surface area contributed by atoms with E-state index in [0.717, 1.165) is 5.69 Å². The maximum atomic E-state index is 11.5. The second-order valence-corrected chi connectivity index (χ2v) is 4.46. The molecular weight excluding hydrogens is 216 g/mol. The molecule has 0 heterocycles. The van der Waals surface area contributed by atoms with Crippen LogP contribution in [0.1, 0.15) is 32.3 Å². The van der Waals surface area contributed by atoms with Crippen molar-refractivity contribution in [1.29, 1.82) is 0 Å². The zero-order chi connectivity index (χ0) is 12.8. The Morgan fingerprint density at radius 2 is 2.06 bits per heavy atom. The highest BCUT2D eigenvalue weighted by atomic mass is 16.3. The molecule has 1 aromatic carbocycles. The van der Waals surface area contributed by atoms with Gasteiger partial charge in [0.25, 0.3) is 0 Å². The Hall–Kier alpha value is -1.55. The molecule has 0 aliphatic heterocycles. The summed E-state index contributed by atoms with van der Waals surface area (Å²) in [7, 11) is 0. The Morgan fingerprint density at radius 3 is 2.65 bits per heavy atom. The second-order valence-electron chi connectivity index (χ2n) is 4.46. The third kappa shape index (κ3) is 4.44. The van der Waals surface area contributed by atoms with E-state index in [9.17, 15) is 4.79 Å². The van der Waals surface area contributed by atoms with Crippen LogP contribution in [-0.4, -0.2) is 23.8 Å².